The van der Waals surface area contributed by atoms with Gasteiger partial charge in [0.2, 0.25) is 0 Å². The molecular formula is C42H44F3NO5. The van der Waals surface area contributed by atoms with Gasteiger partial charge in [0.25, 0.3) is 0 Å². The number of halogens is 3. The molecular weight excluding hydrogens is 655 g/mol. The molecule has 268 valence electrons. The first-order chi connectivity index (χ1) is 24.4. The van der Waals surface area contributed by atoms with E-state index in [9.17, 15) is 18.0 Å². The zero-order chi connectivity index (χ0) is 35.9. The number of ether oxygens (including phenoxy) is 4. The molecule has 3 fully saturated rings. The first-order valence-electron chi connectivity index (χ1n) is 17.7. The van der Waals surface area contributed by atoms with Crippen molar-refractivity contribution < 1.29 is 36.9 Å². The Morgan fingerprint density at radius 1 is 0.824 bits per heavy atom. The van der Waals surface area contributed by atoms with Gasteiger partial charge in [-0.25, -0.2) is 0 Å². The molecule has 9 heteroatoms. The van der Waals surface area contributed by atoms with E-state index in [0.29, 0.717) is 43.5 Å². The Bertz CT molecular complexity index is 1810. The number of hydrogen-bond donors (Lipinski definition) is 0. The third kappa shape index (κ3) is 6.98. The average molecular weight is 700 g/mol. The summed E-state index contributed by atoms with van der Waals surface area (Å²) in [5.41, 5.74) is 1.05. The fraction of sp³-hybridized carbons (Fsp3) is 0.405. The van der Waals surface area contributed by atoms with Crippen molar-refractivity contribution in [2.24, 2.45) is 5.92 Å². The highest BCUT2D eigenvalue weighted by Crippen LogP contribution is 2.64. The second-order valence-electron chi connectivity index (χ2n) is 15.0. The standard InChI is InChI=1S/C42H44F3NO5/c1-39(2,3)51-38(47)33-25-41(32-18-11-6-12-19-32)40(23-22-34(33)46(41)26-29-14-7-4-8-15-29)24-31(28-49-40)37-35(48-27-30-16-9-5-10-17-30)20-13-21-36(37)50-42(43,44)45/h4-21,31,33-34H,22-28H2,1-3H3. The number of rotatable bonds is 9. The van der Waals surface area contributed by atoms with Crippen LogP contribution in [-0.4, -0.2) is 41.1 Å². The molecule has 51 heavy (non-hydrogen) atoms. The summed E-state index contributed by atoms with van der Waals surface area (Å²) in [7, 11) is 0. The van der Waals surface area contributed by atoms with E-state index in [4.69, 9.17) is 14.2 Å². The highest BCUT2D eigenvalue weighted by Gasteiger charge is 2.70. The molecule has 0 saturated carbocycles. The van der Waals surface area contributed by atoms with Crippen molar-refractivity contribution in [3.05, 3.63) is 131 Å². The molecule has 5 unspecified atom stereocenters. The topological polar surface area (TPSA) is 57.2 Å². The van der Waals surface area contributed by atoms with Gasteiger partial charge in [-0.15, -0.1) is 13.2 Å². The van der Waals surface area contributed by atoms with Crippen LogP contribution in [0.1, 0.15) is 74.6 Å². The van der Waals surface area contributed by atoms with E-state index in [0.717, 1.165) is 16.7 Å². The van der Waals surface area contributed by atoms with Crippen LogP contribution in [0.2, 0.25) is 0 Å². The van der Waals surface area contributed by atoms with Gasteiger partial charge >= 0.3 is 12.3 Å². The number of esters is 1. The molecule has 5 atom stereocenters. The zero-order valence-corrected chi connectivity index (χ0v) is 29.2. The zero-order valence-electron chi connectivity index (χ0n) is 29.2. The van der Waals surface area contributed by atoms with E-state index < -0.39 is 34.9 Å². The van der Waals surface area contributed by atoms with Crippen LogP contribution in [0.4, 0.5) is 13.2 Å². The predicted molar refractivity (Wildman–Crippen MR) is 187 cm³/mol. The summed E-state index contributed by atoms with van der Waals surface area (Å²) in [4.78, 5) is 16.5. The van der Waals surface area contributed by atoms with Crippen LogP contribution in [0.3, 0.4) is 0 Å². The predicted octanol–water partition coefficient (Wildman–Crippen LogP) is 9.33. The van der Waals surface area contributed by atoms with E-state index in [2.05, 4.69) is 33.9 Å². The minimum Gasteiger partial charge on any atom is -0.488 e. The molecule has 3 saturated heterocycles. The minimum absolute atomic E-state index is 0.126. The average Bonchev–Trinajstić information content (AvgIpc) is 3.62. The molecule has 6 nitrogen and oxygen atoms in total. The largest absolute Gasteiger partial charge is 0.573 e. The van der Waals surface area contributed by atoms with Crippen LogP contribution in [0, 0.1) is 5.92 Å². The summed E-state index contributed by atoms with van der Waals surface area (Å²) in [5, 5.41) is 0. The van der Waals surface area contributed by atoms with E-state index in [1.54, 1.807) is 6.07 Å². The van der Waals surface area contributed by atoms with Gasteiger partial charge in [0.05, 0.1) is 23.7 Å². The smallest absolute Gasteiger partial charge is 0.488 e. The van der Waals surface area contributed by atoms with E-state index in [1.165, 1.54) is 12.1 Å². The summed E-state index contributed by atoms with van der Waals surface area (Å²) in [5.74, 6) is -1.12. The van der Waals surface area contributed by atoms with E-state index in [1.807, 2.05) is 87.5 Å². The Kier molecular flexibility index (Phi) is 9.39. The van der Waals surface area contributed by atoms with Gasteiger partial charge in [0.1, 0.15) is 23.7 Å². The minimum atomic E-state index is -4.90. The first-order valence-corrected chi connectivity index (χ1v) is 17.7. The molecule has 4 aromatic rings. The summed E-state index contributed by atoms with van der Waals surface area (Å²) in [6, 6.07) is 34.3. The molecule has 3 aliphatic heterocycles. The van der Waals surface area contributed by atoms with Gasteiger partial charge in [0, 0.05) is 24.1 Å². The maximum Gasteiger partial charge on any atom is 0.573 e. The lowest BCUT2D eigenvalue weighted by Gasteiger charge is -2.56. The Balaban J connectivity index is 1.33. The Labute approximate surface area is 297 Å². The number of benzene rings is 4. The van der Waals surface area contributed by atoms with Crippen LogP contribution >= 0.6 is 0 Å². The van der Waals surface area contributed by atoms with Crippen LogP contribution in [0.15, 0.2) is 109 Å². The van der Waals surface area contributed by atoms with E-state index in [-0.39, 0.29) is 31.0 Å². The van der Waals surface area contributed by atoms with Crippen molar-refractivity contribution in [2.75, 3.05) is 6.61 Å². The number of piperidine rings is 1. The number of nitrogens with zero attached hydrogens (tertiary/aromatic N) is 1. The van der Waals surface area contributed by atoms with Gasteiger partial charge in [-0.1, -0.05) is 97.1 Å². The maximum atomic E-state index is 14.0. The summed E-state index contributed by atoms with van der Waals surface area (Å²) in [6.45, 7) is 6.55. The molecule has 0 radical (unpaired) electrons. The van der Waals surface area contributed by atoms with Crippen molar-refractivity contribution in [2.45, 2.75) is 94.7 Å². The Morgan fingerprint density at radius 2 is 1.45 bits per heavy atom. The lowest BCUT2D eigenvalue weighted by atomic mass is 9.66. The fourth-order valence-corrected chi connectivity index (χ4v) is 8.80. The molecule has 0 aliphatic carbocycles. The number of hydrogen-bond acceptors (Lipinski definition) is 6. The highest BCUT2D eigenvalue weighted by atomic mass is 19.4. The van der Waals surface area contributed by atoms with Gasteiger partial charge in [-0.3, -0.25) is 9.69 Å². The number of carbonyl (C=O) groups excluding carboxylic acids is 1. The lowest BCUT2D eigenvalue weighted by molar-refractivity contribution is -0.275. The molecule has 2 bridgehead atoms. The van der Waals surface area contributed by atoms with Crippen molar-refractivity contribution in [1.82, 2.24) is 4.90 Å². The maximum absolute atomic E-state index is 14.0. The van der Waals surface area contributed by atoms with Crippen LogP contribution in [0.25, 0.3) is 0 Å². The lowest BCUT2D eigenvalue weighted by Crippen LogP contribution is -2.63. The second-order valence-corrected chi connectivity index (χ2v) is 15.0. The summed E-state index contributed by atoms with van der Waals surface area (Å²) >= 11 is 0. The summed E-state index contributed by atoms with van der Waals surface area (Å²) < 4.78 is 65.7. The third-order valence-corrected chi connectivity index (χ3v) is 10.7. The third-order valence-electron chi connectivity index (χ3n) is 10.7. The molecule has 3 heterocycles. The monoisotopic (exact) mass is 699 g/mol. The molecule has 4 aromatic carbocycles. The number of alkyl halides is 3. The first kappa shape index (κ1) is 35.1. The Morgan fingerprint density at radius 3 is 2.10 bits per heavy atom. The SMILES string of the molecule is CC(C)(C)OC(=O)C1CC2(c3ccccc3)N(Cc3ccccc3)C1CCC21CC(c2c(OCc3ccccc3)cccc2OC(F)(F)F)CO1. The van der Waals surface area contributed by atoms with Gasteiger partial charge in [-0.05, 0) is 75.3 Å². The van der Waals surface area contributed by atoms with Crippen molar-refractivity contribution >= 4 is 5.97 Å². The molecule has 0 aromatic heterocycles. The number of fused-ring (bicyclic) bond motifs is 3. The quantitative estimate of drug-likeness (QED) is 0.162. The number of carbonyl (C=O) groups is 1. The van der Waals surface area contributed by atoms with Gasteiger partial charge < -0.3 is 18.9 Å². The highest BCUT2D eigenvalue weighted by molar-refractivity contribution is 5.75. The van der Waals surface area contributed by atoms with Crippen LogP contribution in [-0.2, 0) is 33.0 Å². The summed E-state index contributed by atoms with van der Waals surface area (Å²) in [6.07, 6.45) is -2.76. The van der Waals surface area contributed by atoms with Crippen molar-refractivity contribution in [1.29, 1.82) is 0 Å². The molecule has 0 N–H and O–H groups in total. The van der Waals surface area contributed by atoms with Gasteiger partial charge in [0.15, 0.2) is 0 Å². The molecule has 1 spiro atoms. The van der Waals surface area contributed by atoms with Crippen molar-refractivity contribution in [3.63, 3.8) is 0 Å². The molecule has 3 aliphatic rings. The van der Waals surface area contributed by atoms with Crippen molar-refractivity contribution in [3.8, 4) is 11.5 Å². The second kappa shape index (κ2) is 13.7. The Hall–Kier alpha value is -4.34. The normalized spacial score (nSPS) is 26.3. The molecule has 0 amide bonds. The van der Waals surface area contributed by atoms with Crippen LogP contribution < -0.4 is 9.47 Å². The van der Waals surface area contributed by atoms with E-state index >= 15 is 0 Å². The van der Waals surface area contributed by atoms with Gasteiger partial charge in [-0.2, -0.15) is 0 Å². The molecule has 7 rings (SSSR count). The fourth-order valence-electron chi connectivity index (χ4n) is 8.80. The van der Waals surface area contributed by atoms with Crippen LogP contribution in [0.5, 0.6) is 11.5 Å².